The fourth-order valence-corrected chi connectivity index (χ4v) is 9.21. The summed E-state index contributed by atoms with van der Waals surface area (Å²) in [6.07, 6.45) is 2.18. The second-order valence-corrected chi connectivity index (χ2v) is 15.0. The number of benzene rings is 8. The number of aromatic nitrogens is 2. The van der Waals surface area contributed by atoms with E-state index in [1.165, 1.54) is 49.2 Å². The molecule has 0 saturated carbocycles. The van der Waals surface area contributed by atoms with Crippen molar-refractivity contribution in [2.24, 2.45) is 0 Å². The maximum atomic E-state index is 6.44. The van der Waals surface area contributed by atoms with E-state index in [0.29, 0.717) is 0 Å². The van der Waals surface area contributed by atoms with Crippen LogP contribution in [0.1, 0.15) is 28.9 Å². The molecule has 8 aromatic carbocycles. The molecule has 0 aliphatic carbocycles. The topological polar surface area (TPSA) is 47.1 Å². The first-order valence-corrected chi connectivity index (χ1v) is 19.6. The van der Waals surface area contributed by atoms with Crippen molar-refractivity contribution < 1.29 is 4.42 Å². The lowest BCUT2D eigenvalue weighted by atomic mass is 9.98. The van der Waals surface area contributed by atoms with Gasteiger partial charge in [0.1, 0.15) is 17.3 Å². The van der Waals surface area contributed by atoms with Gasteiger partial charge >= 0.3 is 0 Å². The van der Waals surface area contributed by atoms with Crippen LogP contribution in [0.4, 0.5) is 0 Å². The summed E-state index contributed by atoms with van der Waals surface area (Å²) >= 11 is 0. The molecule has 1 aliphatic rings. The fraction of sp³-hybridized carbons (Fsp3) is 0.0385. The molecule has 0 saturated heterocycles. The third-order valence-corrected chi connectivity index (χ3v) is 11.8. The van der Waals surface area contributed by atoms with Crippen LogP contribution in [-0.4, -0.2) is 9.13 Å². The van der Waals surface area contributed by atoms with Crippen molar-refractivity contribution in [1.29, 1.82) is 0 Å². The average Bonchev–Trinajstić information content (AvgIpc) is 3.93. The van der Waals surface area contributed by atoms with Crippen LogP contribution >= 0.6 is 0 Å². The highest BCUT2D eigenvalue weighted by Crippen LogP contribution is 2.44. The Morgan fingerprint density at radius 3 is 1.91 bits per heavy atom. The van der Waals surface area contributed by atoms with Crippen LogP contribution in [0.3, 0.4) is 0 Å². The molecule has 0 radical (unpaired) electrons. The molecule has 57 heavy (non-hydrogen) atoms. The van der Waals surface area contributed by atoms with E-state index in [9.17, 15) is 0 Å². The van der Waals surface area contributed by atoms with Gasteiger partial charge in [0.2, 0.25) is 0 Å². The molecular weight excluding hydrogens is 697 g/mol. The van der Waals surface area contributed by atoms with Gasteiger partial charge in [-0.25, -0.2) is 0 Å². The molecular formula is C52H36N4O. The molecule has 4 heterocycles. The minimum atomic E-state index is -0.119. The maximum Gasteiger partial charge on any atom is 0.137 e. The maximum absolute atomic E-state index is 6.44. The monoisotopic (exact) mass is 732 g/mol. The van der Waals surface area contributed by atoms with Crippen LogP contribution in [-0.2, 0) is 0 Å². The van der Waals surface area contributed by atoms with Gasteiger partial charge in [0.05, 0.1) is 33.5 Å². The lowest BCUT2D eigenvalue weighted by molar-refractivity contribution is 0.442. The summed E-state index contributed by atoms with van der Waals surface area (Å²) < 4.78 is 11.3. The second-order valence-electron chi connectivity index (χ2n) is 15.0. The number of nitrogens with one attached hydrogen (secondary N) is 2. The molecule has 270 valence electrons. The first kappa shape index (κ1) is 32.0. The zero-order chi connectivity index (χ0) is 37.5. The number of para-hydroxylation sites is 3. The predicted molar refractivity (Wildman–Crippen MR) is 235 cm³/mol. The zero-order valence-electron chi connectivity index (χ0n) is 30.9. The van der Waals surface area contributed by atoms with Gasteiger partial charge < -0.3 is 18.9 Å². The number of furan rings is 1. The molecule has 3 aromatic heterocycles. The van der Waals surface area contributed by atoms with Gasteiger partial charge in [0.15, 0.2) is 0 Å². The first-order valence-electron chi connectivity index (χ1n) is 19.6. The summed E-state index contributed by atoms with van der Waals surface area (Å²) in [5.74, 6) is 0. The predicted octanol–water partition coefficient (Wildman–Crippen LogP) is 12.8. The van der Waals surface area contributed by atoms with E-state index in [-0.39, 0.29) is 12.2 Å². The van der Waals surface area contributed by atoms with Crippen molar-refractivity contribution in [3.8, 4) is 11.4 Å². The molecule has 0 spiro atoms. The average molecular weight is 733 g/mol. The third kappa shape index (κ3) is 4.99. The SMILES string of the molecule is C1=C(c2ccccc2)NC(c2cccc(-n3c4ccccc4c4cc5c(cc43)c3ccc4oc6ccccc6c4c3n5-c3ccccc3)c2)NC1c1ccccc1. The Kier molecular flexibility index (Phi) is 7.06. The molecule has 2 unspecified atom stereocenters. The number of fused-ring (bicyclic) bond motifs is 10. The van der Waals surface area contributed by atoms with E-state index < -0.39 is 0 Å². The Labute approximate surface area is 328 Å². The highest BCUT2D eigenvalue weighted by atomic mass is 16.3. The normalized spacial score (nSPS) is 15.9. The minimum Gasteiger partial charge on any atom is -0.456 e. The lowest BCUT2D eigenvalue weighted by Crippen LogP contribution is -2.39. The van der Waals surface area contributed by atoms with Crippen LogP contribution in [0.5, 0.6) is 0 Å². The molecule has 11 aromatic rings. The van der Waals surface area contributed by atoms with Crippen molar-refractivity contribution >= 4 is 71.2 Å². The number of hydrogen-bond donors (Lipinski definition) is 2. The summed E-state index contributed by atoms with van der Waals surface area (Å²) in [7, 11) is 0. The molecule has 0 amide bonds. The molecule has 12 rings (SSSR count). The lowest BCUT2D eigenvalue weighted by Gasteiger charge is -2.33. The van der Waals surface area contributed by atoms with E-state index in [1.807, 2.05) is 6.07 Å². The molecule has 2 atom stereocenters. The Hall–Kier alpha value is -7.34. The van der Waals surface area contributed by atoms with E-state index >= 15 is 0 Å². The van der Waals surface area contributed by atoms with Crippen molar-refractivity contribution in [2.75, 3.05) is 0 Å². The van der Waals surface area contributed by atoms with Crippen LogP contribution in [0.15, 0.2) is 199 Å². The van der Waals surface area contributed by atoms with Crippen molar-refractivity contribution in [1.82, 2.24) is 19.8 Å². The summed E-state index contributed by atoms with van der Waals surface area (Å²) in [5.41, 5.74) is 13.4. The van der Waals surface area contributed by atoms with Crippen LogP contribution < -0.4 is 10.6 Å². The smallest absolute Gasteiger partial charge is 0.137 e. The largest absolute Gasteiger partial charge is 0.456 e. The molecule has 2 N–H and O–H groups in total. The highest BCUT2D eigenvalue weighted by molar-refractivity contribution is 6.26. The van der Waals surface area contributed by atoms with E-state index in [0.717, 1.165) is 50.1 Å². The van der Waals surface area contributed by atoms with Gasteiger partial charge in [0, 0.05) is 44.0 Å². The molecule has 1 aliphatic heterocycles. The van der Waals surface area contributed by atoms with Gasteiger partial charge in [-0.3, -0.25) is 5.32 Å². The van der Waals surface area contributed by atoms with Crippen molar-refractivity contribution in [3.63, 3.8) is 0 Å². The van der Waals surface area contributed by atoms with Crippen molar-refractivity contribution in [2.45, 2.75) is 12.2 Å². The van der Waals surface area contributed by atoms with Crippen LogP contribution in [0, 0.1) is 0 Å². The molecule has 5 nitrogen and oxygen atoms in total. The standard InChI is InChI=1S/C52H36N4O/c1-4-15-33(16-5-1)43-32-44(34-17-6-2-7-18-34)54-52(53-43)35-19-14-22-37(29-35)55-45-25-12-10-23-38(45)41-30-47-42(31-46(41)55)39-27-28-49-50(40-24-11-13-26-48(40)57-49)51(39)56(47)36-20-8-3-9-21-36/h1-32,43,52-54H. The summed E-state index contributed by atoms with van der Waals surface area (Å²) in [6.45, 7) is 0. The van der Waals surface area contributed by atoms with Gasteiger partial charge in [-0.2, -0.15) is 0 Å². The van der Waals surface area contributed by atoms with Gasteiger partial charge in [-0.1, -0.05) is 127 Å². The summed E-state index contributed by atoms with van der Waals surface area (Å²) in [4.78, 5) is 0. The Morgan fingerprint density at radius 2 is 1.09 bits per heavy atom. The van der Waals surface area contributed by atoms with E-state index in [2.05, 4.69) is 208 Å². The quantitative estimate of drug-likeness (QED) is 0.185. The van der Waals surface area contributed by atoms with Crippen LogP contribution in [0.2, 0.25) is 0 Å². The Morgan fingerprint density at radius 1 is 0.439 bits per heavy atom. The molecule has 0 fully saturated rings. The minimum absolute atomic E-state index is 0.0404. The Bertz CT molecular complexity index is 3360. The molecule has 0 bridgehead atoms. The van der Waals surface area contributed by atoms with Gasteiger partial charge in [0.25, 0.3) is 0 Å². The van der Waals surface area contributed by atoms with E-state index in [4.69, 9.17) is 4.42 Å². The fourth-order valence-electron chi connectivity index (χ4n) is 9.21. The van der Waals surface area contributed by atoms with Crippen LogP contribution in [0.25, 0.3) is 82.6 Å². The summed E-state index contributed by atoms with van der Waals surface area (Å²) in [5, 5.41) is 14.9. The molecule has 5 heteroatoms. The number of hydrogen-bond acceptors (Lipinski definition) is 3. The summed E-state index contributed by atoms with van der Waals surface area (Å²) in [6, 6.07) is 67.4. The number of rotatable bonds is 5. The first-order chi connectivity index (χ1) is 28.3. The second kappa shape index (κ2) is 12.6. The van der Waals surface area contributed by atoms with Crippen molar-refractivity contribution in [3.05, 3.63) is 211 Å². The Balaban J connectivity index is 1.08. The van der Waals surface area contributed by atoms with E-state index in [1.54, 1.807) is 0 Å². The zero-order valence-corrected chi connectivity index (χ0v) is 30.9. The van der Waals surface area contributed by atoms with Gasteiger partial charge in [-0.05, 0) is 83.4 Å². The highest BCUT2D eigenvalue weighted by Gasteiger charge is 2.26. The van der Waals surface area contributed by atoms with Gasteiger partial charge in [-0.15, -0.1) is 0 Å². The number of nitrogens with zero attached hydrogens (tertiary/aromatic N) is 2. The third-order valence-electron chi connectivity index (χ3n) is 11.8.